The Labute approximate surface area is 187 Å². The highest BCUT2D eigenvalue weighted by atomic mass is 35.5. The number of aliphatic hydroxyl groups is 2. The lowest BCUT2D eigenvalue weighted by molar-refractivity contribution is -1.23. The van der Waals surface area contributed by atoms with E-state index in [1.54, 1.807) is 0 Å². The van der Waals surface area contributed by atoms with Gasteiger partial charge in [0.2, 0.25) is 0 Å². The minimum Gasteiger partial charge on any atom is -1.00 e. The van der Waals surface area contributed by atoms with Crippen molar-refractivity contribution in [3.8, 4) is 0 Å². The molecule has 29 heavy (non-hydrogen) atoms. The Hall–Kier alpha value is 0.0900. The minimum absolute atomic E-state index is 0. The summed E-state index contributed by atoms with van der Waals surface area (Å²) >= 11 is 0. The van der Waals surface area contributed by atoms with Crippen molar-refractivity contribution in [3.63, 3.8) is 0 Å². The number of unbranched alkanes of at least 4 members (excludes halogenated alkanes) is 15. The zero-order valence-electron chi connectivity index (χ0n) is 19.4. The highest BCUT2D eigenvalue weighted by Crippen LogP contribution is 2.15. The predicted octanol–water partition coefficient (Wildman–Crippen LogP) is 2.55. The fourth-order valence-electron chi connectivity index (χ4n) is 3.58. The lowest BCUT2D eigenvalue weighted by Gasteiger charge is -2.28. The van der Waals surface area contributed by atoms with Crippen LogP contribution in [-0.2, 0) is 9.68 Å². The van der Waals surface area contributed by atoms with Gasteiger partial charge in [0.15, 0.2) is 0 Å². The number of quaternary nitrogens is 1. The molecule has 0 fully saturated rings. The molecule has 0 heterocycles. The SMILES string of the molecule is CCCCCCCCCCCCCCCCCC[N+](C)(OCCO)OCCO.[Cl-]. The van der Waals surface area contributed by atoms with E-state index < -0.39 is 0 Å². The normalized spacial score (nSPS) is 11.6. The van der Waals surface area contributed by atoms with Gasteiger partial charge in [0.1, 0.15) is 26.8 Å². The van der Waals surface area contributed by atoms with Gasteiger partial charge >= 0.3 is 0 Å². The summed E-state index contributed by atoms with van der Waals surface area (Å²) in [4.78, 5) is 11.1. The number of halogens is 1. The van der Waals surface area contributed by atoms with Crippen molar-refractivity contribution in [2.45, 2.75) is 110 Å². The van der Waals surface area contributed by atoms with Crippen LogP contribution in [0.25, 0.3) is 0 Å². The van der Waals surface area contributed by atoms with Crippen molar-refractivity contribution in [1.82, 2.24) is 0 Å². The first kappa shape index (κ1) is 31.3. The number of hydrogen-bond donors (Lipinski definition) is 2. The second kappa shape index (κ2) is 24.4. The molecule has 0 saturated heterocycles. The molecule has 0 saturated carbocycles. The van der Waals surface area contributed by atoms with Gasteiger partial charge in [-0.1, -0.05) is 96.8 Å². The van der Waals surface area contributed by atoms with Crippen LogP contribution < -0.4 is 12.4 Å². The van der Waals surface area contributed by atoms with E-state index in [-0.39, 0.29) is 43.6 Å². The Morgan fingerprint density at radius 2 is 0.862 bits per heavy atom. The summed E-state index contributed by atoms with van der Waals surface area (Å²) in [5.41, 5.74) is 0. The molecule has 0 unspecified atom stereocenters. The van der Waals surface area contributed by atoms with E-state index >= 15 is 0 Å². The molecule has 5 nitrogen and oxygen atoms in total. The molecule has 0 amide bonds. The van der Waals surface area contributed by atoms with E-state index in [9.17, 15) is 0 Å². The molecular weight excluding hydrogens is 390 g/mol. The van der Waals surface area contributed by atoms with Gasteiger partial charge < -0.3 is 22.6 Å². The number of nitrogens with zero attached hydrogens (tertiary/aromatic N) is 1. The zero-order chi connectivity index (χ0) is 20.8. The van der Waals surface area contributed by atoms with Gasteiger partial charge in [0.25, 0.3) is 0 Å². The van der Waals surface area contributed by atoms with Crippen molar-refractivity contribution >= 4 is 0 Å². The molecule has 0 radical (unpaired) electrons. The molecule has 2 N–H and O–H groups in total. The quantitative estimate of drug-likeness (QED) is 0.146. The third-order valence-electron chi connectivity index (χ3n) is 5.33. The maximum atomic E-state index is 8.93. The fourth-order valence-corrected chi connectivity index (χ4v) is 3.58. The Balaban J connectivity index is 0. The second-order valence-electron chi connectivity index (χ2n) is 8.15. The van der Waals surface area contributed by atoms with Crippen LogP contribution in [0.4, 0.5) is 0 Å². The molecule has 0 aromatic heterocycles. The van der Waals surface area contributed by atoms with E-state index in [2.05, 4.69) is 6.92 Å². The van der Waals surface area contributed by atoms with Crippen molar-refractivity contribution in [2.75, 3.05) is 40.0 Å². The van der Waals surface area contributed by atoms with Crippen molar-refractivity contribution in [1.29, 1.82) is 0 Å². The maximum Gasteiger partial charge on any atom is 0.142 e. The number of hydroxylamine groups is 4. The molecule has 0 aliphatic heterocycles. The Kier molecular flexibility index (Phi) is 26.3. The largest absolute Gasteiger partial charge is 1.00 e. The van der Waals surface area contributed by atoms with E-state index in [1.807, 2.05) is 7.05 Å². The highest BCUT2D eigenvalue weighted by molar-refractivity contribution is 4.49. The van der Waals surface area contributed by atoms with E-state index in [0.717, 1.165) is 13.0 Å². The molecule has 0 aromatic carbocycles. The number of hydrogen-bond acceptors (Lipinski definition) is 4. The van der Waals surface area contributed by atoms with Gasteiger partial charge in [-0.05, 0) is 11.2 Å². The molecule has 0 bridgehead atoms. The first-order valence-corrected chi connectivity index (χ1v) is 12.0. The molecule has 0 atom stereocenters. The van der Waals surface area contributed by atoms with Crippen LogP contribution >= 0.6 is 0 Å². The average molecular weight is 440 g/mol. The Bertz CT molecular complexity index is 301. The van der Waals surface area contributed by atoms with Crippen LogP contribution in [-0.4, -0.2) is 55.0 Å². The van der Waals surface area contributed by atoms with Gasteiger partial charge in [-0.15, -0.1) is 0 Å². The molecule has 0 rings (SSSR count). The standard InChI is InChI=1S/C23H50NO4.ClH/c1-3-4-5-6-7-8-9-10-11-12-13-14-15-16-17-18-19-24(2,27-22-20-25)28-23-21-26;/h25-26H,3-23H2,1-2H3;1H/q+1;/p-1. The maximum absolute atomic E-state index is 8.93. The predicted molar refractivity (Wildman–Crippen MR) is 117 cm³/mol. The molecule has 0 aromatic rings. The van der Waals surface area contributed by atoms with Gasteiger partial charge in [-0.2, -0.15) is 9.68 Å². The lowest BCUT2D eigenvalue weighted by atomic mass is 10.0. The summed E-state index contributed by atoms with van der Waals surface area (Å²) in [5.74, 6) is 0. The number of rotatable bonds is 23. The zero-order valence-corrected chi connectivity index (χ0v) is 20.1. The minimum atomic E-state index is -0.0186. The summed E-state index contributed by atoms with van der Waals surface area (Å²) in [6.07, 6.45) is 21.7. The van der Waals surface area contributed by atoms with Crippen LogP contribution in [0.1, 0.15) is 110 Å². The summed E-state index contributed by atoms with van der Waals surface area (Å²) in [7, 11) is 1.84. The van der Waals surface area contributed by atoms with Gasteiger partial charge in [0.05, 0.1) is 13.2 Å². The summed E-state index contributed by atoms with van der Waals surface area (Å²) in [5, 5.41) is 17.9. The average Bonchev–Trinajstić information content (AvgIpc) is 2.70. The van der Waals surface area contributed by atoms with Crippen molar-refractivity contribution < 1.29 is 37.1 Å². The van der Waals surface area contributed by atoms with Crippen LogP contribution in [0.15, 0.2) is 0 Å². The van der Waals surface area contributed by atoms with E-state index in [4.69, 9.17) is 19.9 Å². The van der Waals surface area contributed by atoms with Crippen molar-refractivity contribution in [3.05, 3.63) is 0 Å². The first-order valence-electron chi connectivity index (χ1n) is 12.0. The molecule has 6 heteroatoms. The molecular formula is C23H50ClNO4. The smallest absolute Gasteiger partial charge is 0.142 e. The summed E-state index contributed by atoms with van der Waals surface area (Å²) in [6.45, 7) is 3.49. The highest BCUT2D eigenvalue weighted by Gasteiger charge is 2.25. The van der Waals surface area contributed by atoms with Gasteiger partial charge in [-0.3, -0.25) is 0 Å². The van der Waals surface area contributed by atoms with Crippen LogP contribution in [0, 0.1) is 0 Å². The van der Waals surface area contributed by atoms with Crippen LogP contribution in [0.5, 0.6) is 0 Å². The summed E-state index contributed by atoms with van der Waals surface area (Å²) in [6, 6.07) is 0. The molecule has 178 valence electrons. The number of aliphatic hydroxyl groups excluding tert-OH is 2. The van der Waals surface area contributed by atoms with Crippen LogP contribution in [0.2, 0.25) is 0 Å². The van der Waals surface area contributed by atoms with Crippen molar-refractivity contribution in [2.24, 2.45) is 0 Å². The topological polar surface area (TPSA) is 58.9 Å². The van der Waals surface area contributed by atoms with Crippen LogP contribution in [0.3, 0.4) is 0 Å². The summed E-state index contributed by atoms with van der Waals surface area (Å²) < 4.78 is 0. The second-order valence-corrected chi connectivity index (χ2v) is 8.15. The molecule has 0 spiro atoms. The Morgan fingerprint density at radius 1 is 0.552 bits per heavy atom. The third kappa shape index (κ3) is 22.6. The van der Waals surface area contributed by atoms with E-state index in [0.29, 0.717) is 0 Å². The first-order chi connectivity index (χ1) is 13.7. The molecule has 0 aliphatic carbocycles. The monoisotopic (exact) mass is 439 g/mol. The van der Waals surface area contributed by atoms with Gasteiger partial charge in [0, 0.05) is 6.42 Å². The molecule has 0 aliphatic rings. The lowest BCUT2D eigenvalue weighted by Crippen LogP contribution is -3.00. The Morgan fingerprint density at radius 3 is 1.17 bits per heavy atom. The van der Waals surface area contributed by atoms with E-state index in [1.165, 1.54) is 96.3 Å². The fraction of sp³-hybridized carbons (Fsp3) is 1.00. The van der Waals surface area contributed by atoms with Gasteiger partial charge in [-0.25, -0.2) is 0 Å². The third-order valence-corrected chi connectivity index (χ3v) is 5.33.